The molecule has 2 atom stereocenters. The van der Waals surface area contributed by atoms with Crippen LogP contribution in [-0.4, -0.2) is 18.0 Å². The number of hydrogen-bond acceptors (Lipinski definition) is 3. The van der Waals surface area contributed by atoms with Crippen molar-refractivity contribution >= 4 is 0 Å². The maximum Gasteiger partial charge on any atom is 0.190 e. The molecule has 0 amide bonds. The Morgan fingerprint density at radius 2 is 2.27 bits per heavy atom. The van der Waals surface area contributed by atoms with E-state index in [1.54, 1.807) is 6.07 Å². The maximum absolute atomic E-state index is 11.9. The lowest BCUT2D eigenvalue weighted by molar-refractivity contribution is 0.203. The summed E-state index contributed by atoms with van der Waals surface area (Å²) in [6.45, 7) is 1.85. The molecule has 0 aliphatic carbocycles. The van der Waals surface area contributed by atoms with Gasteiger partial charge < -0.3 is 4.42 Å². The average Bonchev–Trinajstić information content (AvgIpc) is 2.44. The van der Waals surface area contributed by atoms with Gasteiger partial charge in [-0.3, -0.25) is 9.69 Å². The molecular formula is C12H15NO2. The van der Waals surface area contributed by atoms with Gasteiger partial charge in [0.15, 0.2) is 5.43 Å². The molecule has 1 aromatic heterocycles. The fraction of sp³-hybridized carbons (Fsp3) is 0.583. The fourth-order valence-electron chi connectivity index (χ4n) is 3.00. The first-order chi connectivity index (χ1) is 7.16. The Bertz CT molecular complexity index is 463. The smallest absolute Gasteiger partial charge is 0.190 e. The summed E-state index contributed by atoms with van der Waals surface area (Å²) in [6.07, 6.45) is 3.19. The van der Waals surface area contributed by atoms with Gasteiger partial charge >= 0.3 is 0 Å². The Morgan fingerprint density at radius 1 is 1.47 bits per heavy atom. The summed E-state index contributed by atoms with van der Waals surface area (Å²) >= 11 is 0. The Balaban J connectivity index is 2.22. The molecule has 3 rings (SSSR count). The minimum absolute atomic E-state index is 0.158. The van der Waals surface area contributed by atoms with E-state index in [0.29, 0.717) is 12.1 Å². The molecule has 15 heavy (non-hydrogen) atoms. The molecule has 0 aromatic carbocycles. The number of fused-ring (bicyclic) bond motifs is 4. The van der Waals surface area contributed by atoms with E-state index in [1.807, 2.05) is 6.92 Å². The molecule has 1 saturated heterocycles. The monoisotopic (exact) mass is 205 g/mol. The zero-order valence-corrected chi connectivity index (χ0v) is 9.12. The van der Waals surface area contributed by atoms with E-state index in [4.69, 9.17) is 4.42 Å². The van der Waals surface area contributed by atoms with Crippen molar-refractivity contribution in [1.82, 2.24) is 4.90 Å². The number of rotatable bonds is 0. The van der Waals surface area contributed by atoms with Gasteiger partial charge in [0.25, 0.3) is 0 Å². The number of likely N-dealkylation sites (N-methyl/N-ethyl adjacent to an activating group) is 1. The first-order valence-electron chi connectivity index (χ1n) is 5.52. The predicted octanol–water partition coefficient (Wildman–Crippen LogP) is 1.64. The van der Waals surface area contributed by atoms with Crippen molar-refractivity contribution in [3.63, 3.8) is 0 Å². The van der Waals surface area contributed by atoms with Gasteiger partial charge in [0, 0.05) is 24.6 Å². The molecule has 3 nitrogen and oxygen atoms in total. The van der Waals surface area contributed by atoms with Crippen LogP contribution in [0.2, 0.25) is 0 Å². The highest BCUT2D eigenvalue weighted by Crippen LogP contribution is 2.40. The SMILES string of the molecule is Cc1cc(=O)c2c(o1)CC1CCC2N1C. The molecule has 2 unspecified atom stereocenters. The van der Waals surface area contributed by atoms with Crippen LogP contribution in [0.1, 0.15) is 36.0 Å². The van der Waals surface area contributed by atoms with Crippen molar-refractivity contribution in [1.29, 1.82) is 0 Å². The Kier molecular flexibility index (Phi) is 1.80. The zero-order valence-electron chi connectivity index (χ0n) is 9.12. The van der Waals surface area contributed by atoms with Crippen LogP contribution in [0.25, 0.3) is 0 Å². The minimum Gasteiger partial charge on any atom is -0.466 e. The van der Waals surface area contributed by atoms with Gasteiger partial charge in [-0.15, -0.1) is 0 Å². The van der Waals surface area contributed by atoms with Crippen LogP contribution in [0.3, 0.4) is 0 Å². The van der Waals surface area contributed by atoms with E-state index in [9.17, 15) is 4.79 Å². The Morgan fingerprint density at radius 3 is 3.07 bits per heavy atom. The average molecular weight is 205 g/mol. The van der Waals surface area contributed by atoms with Crippen molar-refractivity contribution in [2.45, 2.75) is 38.3 Å². The second-order valence-electron chi connectivity index (χ2n) is 4.67. The van der Waals surface area contributed by atoms with Crippen LogP contribution in [-0.2, 0) is 6.42 Å². The Hall–Kier alpha value is -1.09. The second-order valence-corrected chi connectivity index (χ2v) is 4.67. The minimum atomic E-state index is 0.158. The molecule has 0 spiro atoms. The predicted molar refractivity (Wildman–Crippen MR) is 56.9 cm³/mol. The van der Waals surface area contributed by atoms with Gasteiger partial charge in [-0.2, -0.15) is 0 Å². The van der Waals surface area contributed by atoms with Crippen molar-refractivity contribution in [2.24, 2.45) is 0 Å². The first-order valence-corrected chi connectivity index (χ1v) is 5.52. The van der Waals surface area contributed by atoms with Crippen molar-refractivity contribution in [3.8, 4) is 0 Å². The molecule has 0 saturated carbocycles. The zero-order chi connectivity index (χ0) is 10.6. The van der Waals surface area contributed by atoms with Gasteiger partial charge in [-0.25, -0.2) is 0 Å². The molecule has 2 bridgehead atoms. The van der Waals surface area contributed by atoms with E-state index in [2.05, 4.69) is 11.9 Å². The van der Waals surface area contributed by atoms with Gasteiger partial charge in [0.05, 0.1) is 5.56 Å². The lowest BCUT2D eigenvalue weighted by Crippen LogP contribution is -2.37. The second kappa shape index (κ2) is 2.95. The van der Waals surface area contributed by atoms with Crippen molar-refractivity contribution < 1.29 is 4.42 Å². The molecule has 80 valence electrons. The van der Waals surface area contributed by atoms with Crippen LogP contribution in [0.4, 0.5) is 0 Å². The van der Waals surface area contributed by atoms with Crippen LogP contribution >= 0.6 is 0 Å². The van der Waals surface area contributed by atoms with Gasteiger partial charge in [-0.1, -0.05) is 0 Å². The third kappa shape index (κ3) is 1.19. The number of nitrogens with zero attached hydrogens (tertiary/aromatic N) is 1. The molecule has 2 aliphatic heterocycles. The summed E-state index contributed by atoms with van der Waals surface area (Å²) in [5, 5.41) is 0. The first kappa shape index (κ1) is 9.16. The van der Waals surface area contributed by atoms with Gasteiger partial charge in [0.1, 0.15) is 11.5 Å². The summed E-state index contributed by atoms with van der Waals surface area (Å²) in [6, 6.07) is 2.49. The van der Waals surface area contributed by atoms with E-state index < -0.39 is 0 Å². The summed E-state index contributed by atoms with van der Waals surface area (Å²) < 4.78 is 5.68. The van der Waals surface area contributed by atoms with Crippen LogP contribution in [0.15, 0.2) is 15.3 Å². The quantitative estimate of drug-likeness (QED) is 0.645. The fourth-order valence-corrected chi connectivity index (χ4v) is 3.00. The Labute approximate surface area is 88.7 Å². The maximum atomic E-state index is 11.9. The highest BCUT2D eigenvalue weighted by Gasteiger charge is 2.40. The molecular weight excluding hydrogens is 190 g/mol. The normalized spacial score (nSPS) is 29.2. The van der Waals surface area contributed by atoms with E-state index >= 15 is 0 Å². The van der Waals surface area contributed by atoms with E-state index in [-0.39, 0.29) is 5.43 Å². The van der Waals surface area contributed by atoms with E-state index in [1.165, 1.54) is 6.42 Å². The largest absolute Gasteiger partial charge is 0.466 e. The van der Waals surface area contributed by atoms with Crippen LogP contribution in [0, 0.1) is 6.92 Å². The van der Waals surface area contributed by atoms with Crippen LogP contribution in [0.5, 0.6) is 0 Å². The summed E-state index contributed by atoms with van der Waals surface area (Å²) in [5.74, 6) is 1.67. The topological polar surface area (TPSA) is 33.5 Å². The van der Waals surface area contributed by atoms with E-state index in [0.717, 1.165) is 29.9 Å². The third-order valence-corrected chi connectivity index (χ3v) is 3.78. The number of aryl methyl sites for hydroxylation is 1. The van der Waals surface area contributed by atoms with Crippen molar-refractivity contribution in [2.75, 3.05) is 7.05 Å². The molecule has 1 fully saturated rings. The lowest BCUT2D eigenvalue weighted by atomic mass is 9.99. The third-order valence-electron chi connectivity index (χ3n) is 3.78. The lowest BCUT2D eigenvalue weighted by Gasteiger charge is -2.31. The summed E-state index contributed by atoms with van der Waals surface area (Å²) in [5.41, 5.74) is 1.07. The summed E-state index contributed by atoms with van der Waals surface area (Å²) in [7, 11) is 2.12. The van der Waals surface area contributed by atoms with Crippen LogP contribution < -0.4 is 5.43 Å². The molecule has 0 radical (unpaired) electrons. The molecule has 0 N–H and O–H groups in total. The van der Waals surface area contributed by atoms with Crippen molar-refractivity contribution in [3.05, 3.63) is 33.4 Å². The van der Waals surface area contributed by atoms with Gasteiger partial charge in [-0.05, 0) is 26.8 Å². The number of hydrogen-bond donors (Lipinski definition) is 0. The van der Waals surface area contributed by atoms with Gasteiger partial charge in [0.2, 0.25) is 0 Å². The highest BCUT2D eigenvalue weighted by atomic mass is 16.3. The molecule has 3 heteroatoms. The summed E-state index contributed by atoms with van der Waals surface area (Å²) in [4.78, 5) is 14.3. The molecule has 1 aromatic rings. The standard InChI is InChI=1S/C12H15NO2/c1-7-5-10(14)12-9-4-3-8(13(9)2)6-11(12)15-7/h5,8-9H,3-4,6H2,1-2H3. The highest BCUT2D eigenvalue weighted by molar-refractivity contribution is 5.29. The molecule has 3 heterocycles. The molecule has 2 aliphatic rings.